The first-order chi connectivity index (χ1) is 8.56. The van der Waals surface area contributed by atoms with E-state index < -0.39 is 5.97 Å². The Labute approximate surface area is 108 Å². The standard InChI is InChI=1S/C14H20O4/c1-10(2)6-5-9-18-13-11(14(15)16)7-4-8-12(13)17-3/h4,7-8,10H,5-6,9H2,1-3H3,(H,15,16). The topological polar surface area (TPSA) is 55.8 Å². The van der Waals surface area contributed by atoms with E-state index in [0.717, 1.165) is 12.8 Å². The molecule has 0 amide bonds. The van der Waals surface area contributed by atoms with Crippen molar-refractivity contribution in [3.8, 4) is 11.5 Å². The lowest BCUT2D eigenvalue weighted by atomic mass is 10.1. The first kappa shape index (κ1) is 14.4. The number of aromatic carboxylic acids is 1. The summed E-state index contributed by atoms with van der Waals surface area (Å²) in [4.78, 5) is 11.1. The second kappa shape index (κ2) is 6.89. The molecule has 4 nitrogen and oxygen atoms in total. The highest BCUT2D eigenvalue weighted by atomic mass is 16.5. The molecule has 0 aliphatic carbocycles. The second-order valence-corrected chi connectivity index (χ2v) is 4.53. The molecular formula is C14H20O4. The van der Waals surface area contributed by atoms with Gasteiger partial charge in [0.25, 0.3) is 0 Å². The number of hydrogen-bond acceptors (Lipinski definition) is 3. The maximum absolute atomic E-state index is 11.1. The number of carbonyl (C=O) groups is 1. The highest BCUT2D eigenvalue weighted by Gasteiger charge is 2.15. The third-order valence-electron chi connectivity index (χ3n) is 2.60. The minimum atomic E-state index is -1.01. The van der Waals surface area contributed by atoms with Gasteiger partial charge in [0, 0.05) is 0 Å². The summed E-state index contributed by atoms with van der Waals surface area (Å²) in [5.74, 6) is 0.383. The number of ether oxygens (including phenoxy) is 2. The van der Waals surface area contributed by atoms with Gasteiger partial charge in [-0.25, -0.2) is 4.79 Å². The van der Waals surface area contributed by atoms with Crippen LogP contribution < -0.4 is 9.47 Å². The fraction of sp³-hybridized carbons (Fsp3) is 0.500. The molecule has 0 spiro atoms. The van der Waals surface area contributed by atoms with E-state index in [1.165, 1.54) is 13.2 Å². The number of hydrogen-bond donors (Lipinski definition) is 1. The molecule has 18 heavy (non-hydrogen) atoms. The van der Waals surface area contributed by atoms with Gasteiger partial charge in [-0.2, -0.15) is 0 Å². The van der Waals surface area contributed by atoms with E-state index >= 15 is 0 Å². The number of para-hydroxylation sites is 1. The van der Waals surface area contributed by atoms with Crippen LogP contribution >= 0.6 is 0 Å². The SMILES string of the molecule is COc1cccc(C(=O)O)c1OCCCC(C)C. The Bertz CT molecular complexity index is 399. The summed E-state index contributed by atoms with van der Waals surface area (Å²) in [6.45, 7) is 4.79. The van der Waals surface area contributed by atoms with Crippen molar-refractivity contribution in [2.24, 2.45) is 5.92 Å². The molecule has 0 aliphatic rings. The highest BCUT2D eigenvalue weighted by molar-refractivity contribution is 5.92. The summed E-state index contributed by atoms with van der Waals surface area (Å²) in [6, 6.07) is 4.86. The molecular weight excluding hydrogens is 232 g/mol. The van der Waals surface area contributed by atoms with Crippen molar-refractivity contribution in [3.63, 3.8) is 0 Å². The Hall–Kier alpha value is -1.71. The first-order valence-electron chi connectivity index (χ1n) is 6.09. The molecule has 0 atom stereocenters. The summed E-state index contributed by atoms with van der Waals surface area (Å²) in [6.07, 6.45) is 1.95. The van der Waals surface area contributed by atoms with Crippen molar-refractivity contribution in [3.05, 3.63) is 23.8 Å². The predicted octanol–water partition coefficient (Wildman–Crippen LogP) is 3.21. The minimum absolute atomic E-state index is 0.138. The van der Waals surface area contributed by atoms with Crippen molar-refractivity contribution in [2.45, 2.75) is 26.7 Å². The lowest BCUT2D eigenvalue weighted by molar-refractivity contribution is 0.0691. The van der Waals surface area contributed by atoms with Crippen LogP contribution in [-0.2, 0) is 0 Å². The van der Waals surface area contributed by atoms with Crippen LogP contribution in [0.2, 0.25) is 0 Å². The van der Waals surface area contributed by atoms with Gasteiger partial charge in [-0.15, -0.1) is 0 Å². The average molecular weight is 252 g/mol. The number of carboxylic acid groups (broad SMARTS) is 1. The Morgan fingerprint density at radius 1 is 1.39 bits per heavy atom. The summed E-state index contributed by atoms with van der Waals surface area (Å²) < 4.78 is 10.7. The van der Waals surface area contributed by atoms with Crippen molar-refractivity contribution < 1.29 is 19.4 Å². The Morgan fingerprint density at radius 3 is 2.67 bits per heavy atom. The van der Waals surface area contributed by atoms with E-state index in [1.54, 1.807) is 12.1 Å². The van der Waals surface area contributed by atoms with Gasteiger partial charge in [-0.1, -0.05) is 19.9 Å². The van der Waals surface area contributed by atoms with Crippen molar-refractivity contribution >= 4 is 5.97 Å². The predicted molar refractivity (Wildman–Crippen MR) is 69.5 cm³/mol. The van der Waals surface area contributed by atoms with E-state index in [2.05, 4.69) is 13.8 Å². The molecule has 1 N–H and O–H groups in total. The molecule has 0 saturated heterocycles. The molecule has 4 heteroatoms. The third kappa shape index (κ3) is 3.95. The third-order valence-corrected chi connectivity index (χ3v) is 2.60. The number of benzene rings is 1. The van der Waals surface area contributed by atoms with Crippen LogP contribution in [0.5, 0.6) is 11.5 Å². The van der Waals surface area contributed by atoms with E-state index in [4.69, 9.17) is 14.6 Å². The lowest BCUT2D eigenvalue weighted by Crippen LogP contribution is -2.06. The molecule has 0 bridgehead atoms. The van der Waals surface area contributed by atoms with Crippen LogP contribution in [0.4, 0.5) is 0 Å². The summed E-state index contributed by atoms with van der Waals surface area (Å²) >= 11 is 0. The lowest BCUT2D eigenvalue weighted by Gasteiger charge is -2.13. The van der Waals surface area contributed by atoms with E-state index in [9.17, 15) is 4.79 Å². The van der Waals surface area contributed by atoms with Crippen LogP contribution in [-0.4, -0.2) is 24.8 Å². The molecule has 0 aromatic heterocycles. The normalized spacial score (nSPS) is 10.4. The van der Waals surface area contributed by atoms with Gasteiger partial charge in [0.15, 0.2) is 11.5 Å². The first-order valence-corrected chi connectivity index (χ1v) is 6.09. The Morgan fingerprint density at radius 2 is 2.11 bits per heavy atom. The van der Waals surface area contributed by atoms with Crippen LogP contribution in [0.25, 0.3) is 0 Å². The molecule has 1 aromatic rings. The number of carboxylic acids is 1. The van der Waals surface area contributed by atoms with Gasteiger partial charge in [0.05, 0.1) is 13.7 Å². The summed E-state index contributed by atoms with van der Waals surface area (Å²) in [5.41, 5.74) is 0.138. The Balaban J connectivity index is 2.75. The zero-order valence-corrected chi connectivity index (χ0v) is 11.1. The van der Waals surface area contributed by atoms with Crippen LogP contribution in [0.1, 0.15) is 37.0 Å². The molecule has 0 saturated carbocycles. The maximum Gasteiger partial charge on any atom is 0.339 e. The van der Waals surface area contributed by atoms with Gasteiger partial charge in [-0.3, -0.25) is 0 Å². The van der Waals surface area contributed by atoms with Gasteiger partial charge >= 0.3 is 5.97 Å². The zero-order chi connectivity index (χ0) is 13.5. The van der Waals surface area contributed by atoms with Crippen LogP contribution in [0, 0.1) is 5.92 Å². The molecule has 0 radical (unpaired) electrons. The maximum atomic E-state index is 11.1. The number of methoxy groups -OCH3 is 1. The van der Waals surface area contributed by atoms with E-state index in [0.29, 0.717) is 24.0 Å². The Kier molecular flexibility index (Phi) is 5.49. The molecule has 0 heterocycles. The van der Waals surface area contributed by atoms with Crippen molar-refractivity contribution in [2.75, 3.05) is 13.7 Å². The van der Waals surface area contributed by atoms with Crippen LogP contribution in [0.15, 0.2) is 18.2 Å². The van der Waals surface area contributed by atoms with Gasteiger partial charge in [0.1, 0.15) is 5.56 Å². The van der Waals surface area contributed by atoms with Gasteiger partial charge in [-0.05, 0) is 30.9 Å². The van der Waals surface area contributed by atoms with Crippen LogP contribution in [0.3, 0.4) is 0 Å². The highest BCUT2D eigenvalue weighted by Crippen LogP contribution is 2.31. The molecule has 0 unspecified atom stereocenters. The van der Waals surface area contributed by atoms with E-state index in [-0.39, 0.29) is 5.56 Å². The summed E-state index contributed by atoms with van der Waals surface area (Å²) in [5, 5.41) is 9.09. The molecule has 1 aromatic carbocycles. The minimum Gasteiger partial charge on any atom is -0.493 e. The van der Waals surface area contributed by atoms with E-state index in [1.807, 2.05) is 0 Å². The monoisotopic (exact) mass is 252 g/mol. The van der Waals surface area contributed by atoms with Gasteiger partial charge < -0.3 is 14.6 Å². The quantitative estimate of drug-likeness (QED) is 0.757. The molecule has 0 aliphatic heterocycles. The molecule has 0 fully saturated rings. The number of rotatable bonds is 7. The van der Waals surface area contributed by atoms with Gasteiger partial charge in [0.2, 0.25) is 0 Å². The molecule has 1 rings (SSSR count). The largest absolute Gasteiger partial charge is 0.493 e. The molecule has 100 valence electrons. The average Bonchev–Trinajstić information content (AvgIpc) is 2.33. The fourth-order valence-corrected chi connectivity index (χ4v) is 1.66. The smallest absolute Gasteiger partial charge is 0.339 e. The zero-order valence-electron chi connectivity index (χ0n) is 11.1. The summed E-state index contributed by atoms with van der Waals surface area (Å²) in [7, 11) is 1.50. The van der Waals surface area contributed by atoms with Crippen molar-refractivity contribution in [1.82, 2.24) is 0 Å². The fourth-order valence-electron chi connectivity index (χ4n) is 1.66. The van der Waals surface area contributed by atoms with Crippen molar-refractivity contribution in [1.29, 1.82) is 0 Å². The second-order valence-electron chi connectivity index (χ2n) is 4.53.